The summed E-state index contributed by atoms with van der Waals surface area (Å²) in [5.41, 5.74) is 1.09. The van der Waals surface area contributed by atoms with Gasteiger partial charge in [-0.3, -0.25) is 0 Å². The lowest BCUT2D eigenvalue weighted by Gasteiger charge is -2.32. The number of nitrogens with zero attached hydrogens (tertiary/aromatic N) is 1. The third kappa shape index (κ3) is 3.63. The van der Waals surface area contributed by atoms with E-state index in [1.807, 2.05) is 6.07 Å². The highest BCUT2D eigenvalue weighted by Crippen LogP contribution is 2.30. The minimum Gasteiger partial charge on any atom is -0.208 e. The standard InChI is InChI=1S/C16H22N2O2S/c1-11-4-6-15(9-12(11)2)18-21(19,20)16-7-5-14(10-17)8-13(16)3/h5,7-8,11-12,15,18H,4,6,9H2,1-3H3. The van der Waals surface area contributed by atoms with Crippen LogP contribution in [-0.2, 0) is 10.0 Å². The van der Waals surface area contributed by atoms with Gasteiger partial charge < -0.3 is 0 Å². The summed E-state index contributed by atoms with van der Waals surface area (Å²) in [4.78, 5) is 0.271. The summed E-state index contributed by atoms with van der Waals surface area (Å²) in [6, 6.07) is 6.71. The Hall–Kier alpha value is -1.38. The number of benzene rings is 1. The van der Waals surface area contributed by atoms with Gasteiger partial charge in [-0.15, -0.1) is 0 Å². The summed E-state index contributed by atoms with van der Waals surface area (Å²) in [5, 5.41) is 8.86. The molecule has 1 fully saturated rings. The Bertz CT molecular complexity index is 661. The smallest absolute Gasteiger partial charge is 0.208 e. The third-order valence-electron chi connectivity index (χ3n) is 4.51. The van der Waals surface area contributed by atoms with Crippen molar-refractivity contribution in [1.29, 1.82) is 5.26 Å². The topological polar surface area (TPSA) is 70.0 Å². The number of nitrogens with one attached hydrogen (secondary N) is 1. The van der Waals surface area contributed by atoms with Gasteiger partial charge in [0.1, 0.15) is 0 Å². The zero-order chi connectivity index (χ0) is 15.6. The lowest BCUT2D eigenvalue weighted by Crippen LogP contribution is -2.40. The van der Waals surface area contributed by atoms with Crippen LogP contribution in [-0.4, -0.2) is 14.5 Å². The molecule has 0 aromatic heterocycles. The van der Waals surface area contributed by atoms with Crippen LogP contribution in [0.1, 0.15) is 44.2 Å². The molecule has 3 unspecified atom stereocenters. The normalized spacial score (nSPS) is 26.3. The van der Waals surface area contributed by atoms with Crippen molar-refractivity contribution in [2.75, 3.05) is 0 Å². The van der Waals surface area contributed by atoms with Crippen molar-refractivity contribution in [3.8, 4) is 6.07 Å². The first-order chi connectivity index (χ1) is 9.83. The number of sulfonamides is 1. The van der Waals surface area contributed by atoms with Gasteiger partial charge in [-0.1, -0.05) is 13.8 Å². The third-order valence-corrected chi connectivity index (χ3v) is 6.19. The van der Waals surface area contributed by atoms with E-state index in [0.29, 0.717) is 23.0 Å². The molecule has 0 spiro atoms. The molecule has 0 bridgehead atoms. The van der Waals surface area contributed by atoms with Crippen molar-refractivity contribution < 1.29 is 8.42 Å². The zero-order valence-electron chi connectivity index (χ0n) is 12.8. The Morgan fingerprint density at radius 2 is 1.95 bits per heavy atom. The van der Waals surface area contributed by atoms with Crippen LogP contribution in [0.2, 0.25) is 0 Å². The highest BCUT2D eigenvalue weighted by atomic mass is 32.2. The fourth-order valence-electron chi connectivity index (χ4n) is 2.96. The molecule has 1 N–H and O–H groups in total. The summed E-state index contributed by atoms with van der Waals surface area (Å²) in [5.74, 6) is 1.19. The van der Waals surface area contributed by atoms with E-state index < -0.39 is 10.0 Å². The number of hydrogen-bond acceptors (Lipinski definition) is 3. The molecule has 1 aromatic carbocycles. The molecule has 114 valence electrons. The van der Waals surface area contributed by atoms with Crippen LogP contribution < -0.4 is 4.72 Å². The first-order valence-electron chi connectivity index (χ1n) is 7.36. The monoisotopic (exact) mass is 306 g/mol. The lowest BCUT2D eigenvalue weighted by molar-refractivity contribution is 0.242. The first-order valence-corrected chi connectivity index (χ1v) is 8.85. The molecular formula is C16H22N2O2S. The molecule has 5 heteroatoms. The zero-order valence-corrected chi connectivity index (χ0v) is 13.6. The van der Waals surface area contributed by atoms with Gasteiger partial charge in [0.05, 0.1) is 16.5 Å². The average molecular weight is 306 g/mol. The summed E-state index contributed by atoms with van der Waals surface area (Å²) in [6.07, 6.45) is 2.83. The largest absolute Gasteiger partial charge is 0.241 e. The van der Waals surface area contributed by atoms with Gasteiger partial charge in [-0.25, -0.2) is 13.1 Å². The van der Waals surface area contributed by atoms with Crippen LogP contribution in [0, 0.1) is 30.1 Å². The van der Waals surface area contributed by atoms with Gasteiger partial charge >= 0.3 is 0 Å². The highest BCUT2D eigenvalue weighted by molar-refractivity contribution is 7.89. The molecule has 0 radical (unpaired) electrons. The van der Waals surface area contributed by atoms with E-state index in [1.165, 1.54) is 6.07 Å². The highest BCUT2D eigenvalue weighted by Gasteiger charge is 2.28. The summed E-state index contributed by atoms with van der Waals surface area (Å²) in [6.45, 7) is 6.12. The number of nitriles is 1. The average Bonchev–Trinajstić information content (AvgIpc) is 2.42. The fraction of sp³-hybridized carbons (Fsp3) is 0.562. The first kappa shape index (κ1) is 16.0. The molecule has 21 heavy (non-hydrogen) atoms. The molecule has 0 amide bonds. The molecule has 4 nitrogen and oxygen atoms in total. The van der Waals surface area contributed by atoms with Gasteiger partial charge in [0.25, 0.3) is 0 Å². The van der Waals surface area contributed by atoms with E-state index in [9.17, 15) is 8.42 Å². The van der Waals surface area contributed by atoms with Crippen LogP contribution in [0.3, 0.4) is 0 Å². The van der Waals surface area contributed by atoms with Gasteiger partial charge in [-0.05, 0) is 61.8 Å². The van der Waals surface area contributed by atoms with Gasteiger partial charge in [-0.2, -0.15) is 5.26 Å². The Morgan fingerprint density at radius 3 is 2.52 bits per heavy atom. The van der Waals surface area contributed by atoms with E-state index in [-0.39, 0.29) is 10.9 Å². The maximum absolute atomic E-state index is 12.5. The van der Waals surface area contributed by atoms with Crippen molar-refractivity contribution in [2.45, 2.75) is 51.0 Å². The van der Waals surface area contributed by atoms with Crippen molar-refractivity contribution >= 4 is 10.0 Å². The van der Waals surface area contributed by atoms with E-state index in [2.05, 4.69) is 18.6 Å². The second-order valence-corrected chi connectivity index (χ2v) is 7.86. The van der Waals surface area contributed by atoms with E-state index in [0.717, 1.165) is 19.3 Å². The van der Waals surface area contributed by atoms with Gasteiger partial charge in [0.2, 0.25) is 10.0 Å². The molecule has 3 atom stereocenters. The molecule has 1 aliphatic carbocycles. The Labute approximate surface area is 127 Å². The maximum Gasteiger partial charge on any atom is 0.241 e. The molecule has 1 aromatic rings. The van der Waals surface area contributed by atoms with Crippen molar-refractivity contribution in [2.24, 2.45) is 11.8 Å². The van der Waals surface area contributed by atoms with Crippen molar-refractivity contribution in [3.05, 3.63) is 29.3 Å². The fourth-order valence-corrected chi connectivity index (χ4v) is 4.47. The molecule has 0 heterocycles. The van der Waals surface area contributed by atoms with Crippen molar-refractivity contribution in [3.63, 3.8) is 0 Å². The van der Waals surface area contributed by atoms with Crippen LogP contribution in [0.15, 0.2) is 23.1 Å². The molecule has 1 saturated carbocycles. The summed E-state index contributed by atoms with van der Waals surface area (Å²) < 4.78 is 27.9. The molecule has 0 saturated heterocycles. The minimum absolute atomic E-state index is 0.0104. The summed E-state index contributed by atoms with van der Waals surface area (Å²) >= 11 is 0. The lowest BCUT2D eigenvalue weighted by atomic mass is 9.79. The predicted octanol–water partition coefficient (Wildman–Crippen LogP) is 2.97. The van der Waals surface area contributed by atoms with Crippen LogP contribution in [0.25, 0.3) is 0 Å². The van der Waals surface area contributed by atoms with E-state index in [1.54, 1.807) is 19.1 Å². The molecule has 0 aliphatic heterocycles. The quantitative estimate of drug-likeness (QED) is 0.933. The Balaban J connectivity index is 2.18. The number of rotatable bonds is 3. The predicted molar refractivity (Wildman–Crippen MR) is 82.2 cm³/mol. The second-order valence-electron chi connectivity index (χ2n) is 6.18. The number of aryl methyl sites for hydroxylation is 1. The SMILES string of the molecule is Cc1cc(C#N)ccc1S(=O)(=O)NC1CCC(C)C(C)C1. The van der Waals surface area contributed by atoms with E-state index in [4.69, 9.17) is 5.26 Å². The second kappa shape index (κ2) is 6.17. The number of hydrogen-bond donors (Lipinski definition) is 1. The maximum atomic E-state index is 12.5. The molecule has 2 rings (SSSR count). The molecule has 1 aliphatic rings. The van der Waals surface area contributed by atoms with E-state index >= 15 is 0 Å². The van der Waals surface area contributed by atoms with Crippen molar-refractivity contribution in [1.82, 2.24) is 4.72 Å². The Morgan fingerprint density at radius 1 is 1.24 bits per heavy atom. The van der Waals surface area contributed by atoms with Gasteiger partial charge in [0.15, 0.2) is 0 Å². The van der Waals surface area contributed by atoms with Gasteiger partial charge in [0, 0.05) is 6.04 Å². The van der Waals surface area contributed by atoms with Crippen LogP contribution in [0.4, 0.5) is 0 Å². The minimum atomic E-state index is -3.52. The van der Waals surface area contributed by atoms with Crippen LogP contribution >= 0.6 is 0 Å². The summed E-state index contributed by atoms with van der Waals surface area (Å²) in [7, 11) is -3.52. The van der Waals surface area contributed by atoms with Crippen LogP contribution in [0.5, 0.6) is 0 Å². The Kier molecular flexibility index (Phi) is 4.70. The molecular weight excluding hydrogens is 284 g/mol.